The van der Waals surface area contributed by atoms with Crippen molar-refractivity contribution in [1.29, 1.82) is 0 Å². The molecule has 0 saturated heterocycles. The van der Waals surface area contributed by atoms with Crippen molar-refractivity contribution in [1.82, 2.24) is 9.78 Å². The highest BCUT2D eigenvalue weighted by molar-refractivity contribution is 6.30. The zero-order chi connectivity index (χ0) is 13.1. The zero-order valence-electron chi connectivity index (χ0n) is 10.4. The van der Waals surface area contributed by atoms with Crippen LogP contribution in [-0.2, 0) is 13.2 Å². The van der Waals surface area contributed by atoms with E-state index in [-0.39, 0.29) is 6.61 Å². The molecule has 1 N–H and O–H groups in total. The van der Waals surface area contributed by atoms with Crippen LogP contribution in [0.3, 0.4) is 0 Å². The van der Waals surface area contributed by atoms with Gasteiger partial charge in [-0.1, -0.05) is 11.6 Å². The Kier molecular flexibility index (Phi) is 3.89. The van der Waals surface area contributed by atoms with Gasteiger partial charge >= 0.3 is 0 Å². The number of halogens is 1. The predicted molar refractivity (Wildman–Crippen MR) is 70.8 cm³/mol. The summed E-state index contributed by atoms with van der Waals surface area (Å²) in [7, 11) is 1.61. The largest absolute Gasteiger partial charge is 0.496 e. The average molecular weight is 267 g/mol. The summed E-state index contributed by atoms with van der Waals surface area (Å²) in [6.07, 6.45) is 0. The third-order valence-corrected chi connectivity index (χ3v) is 2.97. The summed E-state index contributed by atoms with van der Waals surface area (Å²) in [6.45, 7) is 2.65. The molecule has 0 spiro atoms. The smallest absolute Gasteiger partial charge is 0.129 e. The van der Waals surface area contributed by atoms with Crippen LogP contribution in [0.15, 0.2) is 24.3 Å². The minimum atomic E-state index is -0.0735. The molecule has 0 saturated carbocycles. The molecule has 0 aliphatic heterocycles. The van der Waals surface area contributed by atoms with Crippen molar-refractivity contribution in [3.8, 4) is 17.0 Å². The number of methoxy groups -OCH3 is 1. The molecule has 18 heavy (non-hydrogen) atoms. The fourth-order valence-corrected chi connectivity index (χ4v) is 2.04. The van der Waals surface area contributed by atoms with Crippen LogP contribution in [0.4, 0.5) is 0 Å². The molecule has 1 aromatic carbocycles. The van der Waals surface area contributed by atoms with E-state index in [0.29, 0.717) is 16.5 Å². The number of aromatic nitrogens is 2. The summed E-state index contributed by atoms with van der Waals surface area (Å²) < 4.78 is 7.17. The standard InChI is InChI=1S/C13H15ClN2O2/c1-3-16-12(7-10(8-17)15-16)11-5-4-9(14)6-13(11)18-2/h4-7,17H,3,8H2,1-2H3. The Labute approximate surface area is 111 Å². The van der Waals surface area contributed by atoms with Gasteiger partial charge in [0.05, 0.1) is 25.1 Å². The van der Waals surface area contributed by atoms with Crippen LogP contribution in [0.25, 0.3) is 11.3 Å². The summed E-state index contributed by atoms with van der Waals surface area (Å²) >= 11 is 5.95. The minimum Gasteiger partial charge on any atom is -0.496 e. The summed E-state index contributed by atoms with van der Waals surface area (Å²) in [6, 6.07) is 7.33. The lowest BCUT2D eigenvalue weighted by atomic mass is 10.1. The highest BCUT2D eigenvalue weighted by Crippen LogP contribution is 2.32. The van der Waals surface area contributed by atoms with Gasteiger partial charge in [-0.15, -0.1) is 0 Å². The quantitative estimate of drug-likeness (QED) is 0.926. The SMILES string of the molecule is CCn1nc(CO)cc1-c1ccc(Cl)cc1OC. The number of aryl methyl sites for hydroxylation is 1. The van der Waals surface area contributed by atoms with Gasteiger partial charge in [0, 0.05) is 17.1 Å². The maximum absolute atomic E-state index is 9.16. The topological polar surface area (TPSA) is 47.3 Å². The Balaban J connectivity index is 2.56. The fraction of sp³-hybridized carbons (Fsp3) is 0.308. The van der Waals surface area contributed by atoms with Crippen molar-refractivity contribution in [2.24, 2.45) is 0 Å². The maximum Gasteiger partial charge on any atom is 0.129 e. The second-order valence-corrected chi connectivity index (χ2v) is 4.28. The average Bonchev–Trinajstić information content (AvgIpc) is 2.81. The Morgan fingerprint density at radius 2 is 2.17 bits per heavy atom. The molecule has 5 heteroatoms. The molecule has 2 rings (SSSR count). The lowest BCUT2D eigenvalue weighted by Gasteiger charge is -2.10. The molecule has 0 fully saturated rings. The Morgan fingerprint density at radius 1 is 1.39 bits per heavy atom. The Morgan fingerprint density at radius 3 is 2.78 bits per heavy atom. The molecule has 0 amide bonds. The molecule has 4 nitrogen and oxygen atoms in total. The first-order valence-corrected chi connectivity index (χ1v) is 6.09. The summed E-state index contributed by atoms with van der Waals surface area (Å²) in [5.41, 5.74) is 2.47. The van der Waals surface area contributed by atoms with Crippen molar-refractivity contribution >= 4 is 11.6 Å². The molecular weight excluding hydrogens is 252 g/mol. The third-order valence-electron chi connectivity index (χ3n) is 2.73. The van der Waals surface area contributed by atoms with E-state index in [0.717, 1.165) is 17.8 Å². The number of hydrogen-bond donors (Lipinski definition) is 1. The van der Waals surface area contributed by atoms with Crippen LogP contribution >= 0.6 is 11.6 Å². The van der Waals surface area contributed by atoms with Crippen LogP contribution in [-0.4, -0.2) is 22.0 Å². The number of ether oxygens (including phenoxy) is 1. The van der Waals surface area contributed by atoms with Crippen LogP contribution in [0, 0.1) is 0 Å². The van der Waals surface area contributed by atoms with E-state index in [1.54, 1.807) is 13.2 Å². The van der Waals surface area contributed by atoms with Gasteiger partial charge in [-0.25, -0.2) is 0 Å². The van der Waals surface area contributed by atoms with Crippen LogP contribution in [0.2, 0.25) is 5.02 Å². The highest BCUT2D eigenvalue weighted by atomic mass is 35.5. The van der Waals surface area contributed by atoms with E-state index in [1.807, 2.05) is 29.8 Å². The van der Waals surface area contributed by atoms with E-state index >= 15 is 0 Å². The molecule has 96 valence electrons. The first kappa shape index (κ1) is 12.9. The monoisotopic (exact) mass is 266 g/mol. The Bertz CT molecular complexity index is 552. The molecule has 0 aliphatic carbocycles. The molecule has 0 radical (unpaired) electrons. The zero-order valence-corrected chi connectivity index (χ0v) is 11.1. The van der Waals surface area contributed by atoms with E-state index in [9.17, 15) is 0 Å². The van der Waals surface area contributed by atoms with Crippen molar-refractivity contribution in [2.45, 2.75) is 20.1 Å². The first-order chi connectivity index (χ1) is 8.69. The van der Waals surface area contributed by atoms with Gasteiger partial charge in [-0.3, -0.25) is 4.68 Å². The maximum atomic E-state index is 9.16. The molecule has 0 aliphatic rings. The lowest BCUT2D eigenvalue weighted by Crippen LogP contribution is -2.00. The second kappa shape index (κ2) is 5.42. The molecule has 0 atom stereocenters. The number of aliphatic hydroxyl groups excluding tert-OH is 1. The van der Waals surface area contributed by atoms with E-state index < -0.39 is 0 Å². The van der Waals surface area contributed by atoms with Gasteiger partial charge in [0.25, 0.3) is 0 Å². The number of rotatable bonds is 4. The van der Waals surface area contributed by atoms with Crippen LogP contribution in [0.1, 0.15) is 12.6 Å². The van der Waals surface area contributed by atoms with Crippen molar-refractivity contribution < 1.29 is 9.84 Å². The number of aliphatic hydroxyl groups is 1. The van der Waals surface area contributed by atoms with Crippen molar-refractivity contribution in [3.63, 3.8) is 0 Å². The number of hydrogen-bond acceptors (Lipinski definition) is 3. The van der Waals surface area contributed by atoms with Gasteiger partial charge < -0.3 is 9.84 Å². The van der Waals surface area contributed by atoms with Gasteiger partial charge in [0.1, 0.15) is 5.75 Å². The normalized spacial score (nSPS) is 10.7. The van der Waals surface area contributed by atoms with Crippen LogP contribution in [0.5, 0.6) is 5.75 Å². The first-order valence-electron chi connectivity index (χ1n) is 5.71. The summed E-state index contributed by atoms with van der Waals surface area (Å²) in [5, 5.41) is 14.1. The molecule has 1 heterocycles. The molecule has 2 aromatic rings. The fourth-order valence-electron chi connectivity index (χ4n) is 1.88. The molecule has 0 bridgehead atoms. The molecule has 1 aromatic heterocycles. The third kappa shape index (κ3) is 2.35. The van der Waals surface area contributed by atoms with Crippen molar-refractivity contribution in [3.05, 3.63) is 35.0 Å². The predicted octanol–water partition coefficient (Wildman–Crippen LogP) is 2.72. The van der Waals surface area contributed by atoms with Crippen LogP contribution < -0.4 is 4.74 Å². The van der Waals surface area contributed by atoms with E-state index in [4.69, 9.17) is 21.4 Å². The van der Waals surface area contributed by atoms with Gasteiger partial charge in [-0.05, 0) is 31.2 Å². The van der Waals surface area contributed by atoms with E-state index in [1.165, 1.54) is 0 Å². The van der Waals surface area contributed by atoms with Gasteiger partial charge in [0.15, 0.2) is 0 Å². The number of nitrogens with zero attached hydrogens (tertiary/aromatic N) is 2. The lowest BCUT2D eigenvalue weighted by molar-refractivity contribution is 0.275. The summed E-state index contributed by atoms with van der Waals surface area (Å²) in [4.78, 5) is 0. The molecular formula is C13H15ClN2O2. The van der Waals surface area contributed by atoms with E-state index in [2.05, 4.69) is 5.10 Å². The minimum absolute atomic E-state index is 0.0735. The Hall–Kier alpha value is -1.52. The summed E-state index contributed by atoms with van der Waals surface area (Å²) in [5.74, 6) is 0.696. The highest BCUT2D eigenvalue weighted by Gasteiger charge is 2.13. The van der Waals surface area contributed by atoms with Crippen molar-refractivity contribution in [2.75, 3.05) is 7.11 Å². The van der Waals surface area contributed by atoms with Gasteiger partial charge in [-0.2, -0.15) is 5.10 Å². The van der Waals surface area contributed by atoms with Gasteiger partial charge in [0.2, 0.25) is 0 Å². The number of benzene rings is 1. The second-order valence-electron chi connectivity index (χ2n) is 3.84. The molecule has 0 unspecified atom stereocenters.